The van der Waals surface area contributed by atoms with Crippen molar-refractivity contribution in [3.63, 3.8) is 0 Å². The molecule has 0 unspecified atom stereocenters. The molecule has 0 aliphatic heterocycles. The monoisotopic (exact) mass is 347 g/mol. The van der Waals surface area contributed by atoms with Gasteiger partial charge in [-0.25, -0.2) is 4.79 Å². The van der Waals surface area contributed by atoms with E-state index in [0.717, 1.165) is 11.4 Å². The minimum absolute atomic E-state index is 0.195. The molecule has 0 N–H and O–H groups in total. The third kappa shape index (κ3) is 2.52. The fourth-order valence-electron chi connectivity index (χ4n) is 3.29. The van der Waals surface area contributed by atoms with E-state index in [4.69, 9.17) is 4.74 Å². The van der Waals surface area contributed by atoms with Crippen LogP contribution in [0.5, 0.6) is 0 Å². The molecule has 0 bridgehead atoms. The molecule has 25 heavy (non-hydrogen) atoms. The number of hydrogen-bond donors (Lipinski definition) is 0. The number of rotatable bonds is 5. The lowest BCUT2D eigenvalue weighted by molar-refractivity contribution is 0.187. The third-order valence-corrected chi connectivity index (χ3v) is 4.70. The van der Waals surface area contributed by atoms with Crippen LogP contribution < -0.4 is 11.2 Å². The maximum Gasteiger partial charge on any atom is 0.332 e. The van der Waals surface area contributed by atoms with Crippen molar-refractivity contribution in [3.8, 4) is 0 Å². The number of aromatic nitrogens is 5. The van der Waals surface area contributed by atoms with E-state index in [0.29, 0.717) is 36.6 Å². The molecule has 8 nitrogen and oxygen atoms in total. The van der Waals surface area contributed by atoms with Crippen molar-refractivity contribution in [2.24, 2.45) is 13.0 Å². The lowest BCUT2D eigenvalue weighted by Crippen LogP contribution is -2.40. The average Bonchev–Trinajstić information content (AvgIpc) is 3.05. The first-order chi connectivity index (χ1) is 11.8. The van der Waals surface area contributed by atoms with Gasteiger partial charge < -0.3 is 9.30 Å². The van der Waals surface area contributed by atoms with Gasteiger partial charge in [-0.1, -0.05) is 13.8 Å². The maximum atomic E-state index is 13.1. The molecule has 3 aromatic heterocycles. The Hall–Kier alpha value is -2.35. The molecular weight excluding hydrogens is 322 g/mol. The smallest absolute Gasteiger partial charge is 0.332 e. The second kappa shape index (κ2) is 6.18. The van der Waals surface area contributed by atoms with Gasteiger partial charge in [-0.3, -0.25) is 18.3 Å². The summed E-state index contributed by atoms with van der Waals surface area (Å²) in [5.41, 5.74) is 2.23. The molecule has 0 aliphatic rings. The summed E-state index contributed by atoms with van der Waals surface area (Å²) in [5, 5.41) is 0. The van der Waals surface area contributed by atoms with E-state index < -0.39 is 0 Å². The molecule has 0 aliphatic carbocycles. The molecule has 0 amide bonds. The number of methoxy groups -OCH3 is 1. The minimum Gasteiger partial charge on any atom is -0.383 e. The van der Waals surface area contributed by atoms with Crippen LogP contribution in [0.4, 0.5) is 0 Å². The molecular formula is C17H25N5O3. The van der Waals surface area contributed by atoms with E-state index in [-0.39, 0.29) is 17.2 Å². The number of hydrogen-bond acceptors (Lipinski definition) is 4. The molecule has 0 radical (unpaired) electrons. The Morgan fingerprint density at radius 3 is 2.40 bits per heavy atom. The summed E-state index contributed by atoms with van der Waals surface area (Å²) in [7, 11) is 3.31. The zero-order valence-corrected chi connectivity index (χ0v) is 15.7. The maximum absolute atomic E-state index is 13.1. The van der Waals surface area contributed by atoms with Crippen LogP contribution in [-0.4, -0.2) is 36.8 Å². The van der Waals surface area contributed by atoms with Gasteiger partial charge in [0, 0.05) is 38.6 Å². The Bertz CT molecular complexity index is 1060. The number of aryl methyl sites for hydroxylation is 2. The molecule has 3 aromatic rings. The first-order valence-corrected chi connectivity index (χ1v) is 8.46. The standard InChI is InChI=1S/C17H25N5O3/c1-10(2)9-21-15(23)13-14(19(5)17(21)24)18-16-20(7-8-25-6)11(3)12(4)22(13)16/h10H,7-9H2,1-6H3. The van der Waals surface area contributed by atoms with Gasteiger partial charge in [-0.2, -0.15) is 4.98 Å². The van der Waals surface area contributed by atoms with Crippen molar-refractivity contribution in [1.82, 2.24) is 23.1 Å². The fourth-order valence-corrected chi connectivity index (χ4v) is 3.29. The Kier molecular flexibility index (Phi) is 4.32. The summed E-state index contributed by atoms with van der Waals surface area (Å²) in [5.74, 6) is 0.858. The number of fused-ring (bicyclic) bond motifs is 3. The van der Waals surface area contributed by atoms with Gasteiger partial charge in [0.15, 0.2) is 11.2 Å². The average molecular weight is 347 g/mol. The molecule has 0 saturated heterocycles. The topological polar surface area (TPSA) is 75.5 Å². The molecule has 136 valence electrons. The Balaban J connectivity index is 2.44. The molecule has 3 heterocycles. The van der Waals surface area contributed by atoms with Crippen molar-refractivity contribution in [3.05, 3.63) is 32.2 Å². The number of nitrogens with zero attached hydrogens (tertiary/aromatic N) is 5. The van der Waals surface area contributed by atoms with Gasteiger partial charge in [0.1, 0.15) is 0 Å². The zero-order chi connectivity index (χ0) is 18.5. The quantitative estimate of drug-likeness (QED) is 0.692. The van der Waals surface area contributed by atoms with E-state index in [1.807, 2.05) is 36.7 Å². The van der Waals surface area contributed by atoms with Crippen LogP contribution in [0.15, 0.2) is 9.59 Å². The summed E-state index contributed by atoms with van der Waals surface area (Å²) in [4.78, 5) is 30.3. The van der Waals surface area contributed by atoms with E-state index in [9.17, 15) is 9.59 Å². The van der Waals surface area contributed by atoms with Crippen LogP contribution in [0.25, 0.3) is 16.9 Å². The largest absolute Gasteiger partial charge is 0.383 e. The SMILES string of the molecule is COCCn1c(C)c(C)n2c3c(=O)n(CC(C)C)c(=O)n(C)c3nc12. The molecule has 8 heteroatoms. The van der Waals surface area contributed by atoms with Crippen LogP contribution >= 0.6 is 0 Å². The lowest BCUT2D eigenvalue weighted by atomic mass is 10.2. The van der Waals surface area contributed by atoms with Gasteiger partial charge in [-0.15, -0.1) is 0 Å². The molecule has 0 atom stereocenters. The molecule has 0 aromatic carbocycles. The van der Waals surface area contributed by atoms with Crippen LogP contribution in [0.3, 0.4) is 0 Å². The first kappa shape index (κ1) is 17.5. The van der Waals surface area contributed by atoms with E-state index >= 15 is 0 Å². The summed E-state index contributed by atoms with van der Waals surface area (Å²) in [6.45, 7) is 9.50. The van der Waals surface area contributed by atoms with Crippen molar-refractivity contribution < 1.29 is 4.74 Å². The Morgan fingerprint density at radius 1 is 1.12 bits per heavy atom. The highest BCUT2D eigenvalue weighted by Gasteiger charge is 2.22. The zero-order valence-electron chi connectivity index (χ0n) is 15.7. The van der Waals surface area contributed by atoms with Crippen LogP contribution in [-0.2, 0) is 24.9 Å². The summed E-state index contributed by atoms with van der Waals surface area (Å²) in [6, 6.07) is 0. The summed E-state index contributed by atoms with van der Waals surface area (Å²) < 4.78 is 11.8. The van der Waals surface area contributed by atoms with Crippen molar-refractivity contribution in [2.45, 2.75) is 40.8 Å². The fraction of sp³-hybridized carbons (Fsp3) is 0.588. The summed E-state index contributed by atoms with van der Waals surface area (Å²) in [6.07, 6.45) is 0. The van der Waals surface area contributed by atoms with Crippen LogP contribution in [0.2, 0.25) is 0 Å². The van der Waals surface area contributed by atoms with Crippen molar-refractivity contribution in [2.75, 3.05) is 13.7 Å². The highest BCUT2D eigenvalue weighted by Crippen LogP contribution is 2.20. The predicted molar refractivity (Wildman–Crippen MR) is 96.4 cm³/mol. The van der Waals surface area contributed by atoms with Gasteiger partial charge >= 0.3 is 5.69 Å². The van der Waals surface area contributed by atoms with Crippen LogP contribution in [0.1, 0.15) is 25.2 Å². The van der Waals surface area contributed by atoms with Gasteiger partial charge in [0.25, 0.3) is 5.56 Å². The lowest BCUT2D eigenvalue weighted by Gasteiger charge is -2.10. The Morgan fingerprint density at radius 2 is 1.80 bits per heavy atom. The summed E-state index contributed by atoms with van der Waals surface area (Å²) >= 11 is 0. The highest BCUT2D eigenvalue weighted by atomic mass is 16.5. The van der Waals surface area contributed by atoms with E-state index in [1.54, 1.807) is 14.2 Å². The highest BCUT2D eigenvalue weighted by molar-refractivity contribution is 5.76. The molecule has 0 spiro atoms. The van der Waals surface area contributed by atoms with Crippen molar-refractivity contribution in [1.29, 1.82) is 0 Å². The predicted octanol–water partition coefficient (Wildman–Crippen LogP) is 1.07. The number of ether oxygens (including phenoxy) is 1. The second-order valence-corrected chi connectivity index (χ2v) is 6.89. The molecule has 0 fully saturated rings. The Labute approximate surface area is 145 Å². The van der Waals surface area contributed by atoms with Gasteiger partial charge in [-0.05, 0) is 19.8 Å². The van der Waals surface area contributed by atoms with E-state index in [1.165, 1.54) is 9.13 Å². The first-order valence-electron chi connectivity index (χ1n) is 8.46. The minimum atomic E-state index is -0.329. The van der Waals surface area contributed by atoms with Gasteiger partial charge in [0.05, 0.1) is 6.61 Å². The van der Waals surface area contributed by atoms with E-state index in [2.05, 4.69) is 4.98 Å². The normalized spacial score (nSPS) is 12.1. The van der Waals surface area contributed by atoms with Gasteiger partial charge in [0.2, 0.25) is 5.78 Å². The molecule has 3 rings (SSSR count). The second-order valence-electron chi connectivity index (χ2n) is 6.89. The third-order valence-electron chi connectivity index (χ3n) is 4.70. The van der Waals surface area contributed by atoms with Crippen LogP contribution in [0, 0.1) is 19.8 Å². The molecule has 0 saturated carbocycles. The number of imidazole rings is 2. The van der Waals surface area contributed by atoms with Crippen molar-refractivity contribution >= 4 is 16.9 Å².